The van der Waals surface area contributed by atoms with Gasteiger partial charge in [0.2, 0.25) is 11.8 Å². The Balaban J connectivity index is 1.50. The number of rotatable bonds is 15. The number of carboxylic acids is 1. The van der Waals surface area contributed by atoms with E-state index in [0.29, 0.717) is 31.0 Å². The highest BCUT2D eigenvalue weighted by atomic mass is 16.5. The summed E-state index contributed by atoms with van der Waals surface area (Å²) < 4.78 is 5.88. The minimum Gasteiger partial charge on any atom is -0.481 e. The maximum atomic E-state index is 12.6. The van der Waals surface area contributed by atoms with Gasteiger partial charge in [-0.2, -0.15) is 0 Å². The maximum absolute atomic E-state index is 12.6. The molecule has 0 atom stereocenters. The van der Waals surface area contributed by atoms with Gasteiger partial charge in [0.05, 0.1) is 17.7 Å². The summed E-state index contributed by atoms with van der Waals surface area (Å²) in [5.74, 6) is -0.641. The molecular formula is C33H40N2O4. The number of aliphatic carboxylic acids is 1. The van der Waals surface area contributed by atoms with Gasteiger partial charge in [-0.05, 0) is 79.5 Å². The zero-order chi connectivity index (χ0) is 28.1. The normalized spacial score (nSPS) is 11.5. The van der Waals surface area contributed by atoms with Crippen LogP contribution in [-0.4, -0.2) is 28.6 Å². The first-order valence-electron chi connectivity index (χ1n) is 13.9. The molecule has 3 rings (SSSR count). The predicted molar refractivity (Wildman–Crippen MR) is 158 cm³/mol. The fourth-order valence-corrected chi connectivity index (χ4v) is 4.45. The highest BCUT2D eigenvalue weighted by molar-refractivity contribution is 5.94. The fourth-order valence-electron chi connectivity index (χ4n) is 4.45. The van der Waals surface area contributed by atoms with Gasteiger partial charge in [-0.3, -0.25) is 9.59 Å². The monoisotopic (exact) mass is 528 g/mol. The summed E-state index contributed by atoms with van der Waals surface area (Å²) in [6.45, 7) is 6.39. The van der Waals surface area contributed by atoms with Gasteiger partial charge >= 0.3 is 5.97 Å². The van der Waals surface area contributed by atoms with E-state index in [4.69, 9.17) is 4.74 Å². The van der Waals surface area contributed by atoms with E-state index < -0.39 is 11.4 Å². The Kier molecular flexibility index (Phi) is 11.3. The lowest BCUT2D eigenvalue weighted by molar-refractivity contribution is -0.151. The third-order valence-electron chi connectivity index (χ3n) is 7.21. The van der Waals surface area contributed by atoms with Crippen molar-refractivity contribution in [2.45, 2.75) is 65.7 Å². The van der Waals surface area contributed by atoms with Crippen LogP contribution in [0, 0.1) is 5.41 Å². The summed E-state index contributed by atoms with van der Waals surface area (Å²) in [6.07, 6.45) is 8.69. The molecule has 0 saturated carbocycles. The molecule has 2 N–H and O–H groups in total. The Labute approximate surface area is 232 Å². The van der Waals surface area contributed by atoms with E-state index >= 15 is 0 Å². The second kappa shape index (κ2) is 14.9. The molecule has 39 heavy (non-hydrogen) atoms. The van der Waals surface area contributed by atoms with Crippen molar-refractivity contribution >= 4 is 29.7 Å². The number of aromatic nitrogens is 1. The van der Waals surface area contributed by atoms with Crippen molar-refractivity contribution in [2.75, 3.05) is 11.9 Å². The van der Waals surface area contributed by atoms with Crippen molar-refractivity contribution in [3.8, 4) is 5.88 Å². The quantitative estimate of drug-likeness (QED) is 0.200. The number of benzene rings is 2. The van der Waals surface area contributed by atoms with Gasteiger partial charge in [-0.25, -0.2) is 4.98 Å². The molecule has 0 spiro atoms. The number of aryl methyl sites for hydroxylation is 2. The van der Waals surface area contributed by atoms with E-state index in [9.17, 15) is 14.7 Å². The molecule has 0 aliphatic carbocycles. The molecule has 6 heteroatoms. The second-order valence-corrected chi connectivity index (χ2v) is 9.85. The molecule has 0 aliphatic rings. The molecule has 0 radical (unpaired) electrons. The number of ether oxygens (including phenoxy) is 1. The molecule has 206 valence electrons. The fraction of sp³-hybridized carbons (Fsp3) is 0.364. The summed E-state index contributed by atoms with van der Waals surface area (Å²) in [5, 5.41) is 12.5. The van der Waals surface area contributed by atoms with E-state index in [1.165, 1.54) is 11.1 Å². The SMILES string of the molecule is CCc1ccc(CCCCOc2cccc(C=Cc3cccc(NC(=O)CC(CC)(CC)C(=O)O)c3)n2)cc1. The standard InChI is InChI=1S/C33H40N2O4/c1-4-25-16-18-26(19-17-25)11-7-8-22-39-31-15-10-13-28(35-31)21-20-27-12-9-14-29(23-27)34-30(36)24-33(5-2,6-3)32(37)38/h9-10,12-21,23H,4-8,11,22,24H2,1-3H3,(H,34,36)(H,37,38). The van der Waals surface area contributed by atoms with Crippen molar-refractivity contribution < 1.29 is 19.4 Å². The van der Waals surface area contributed by atoms with Crippen LogP contribution in [0.4, 0.5) is 5.69 Å². The van der Waals surface area contributed by atoms with Crippen molar-refractivity contribution in [2.24, 2.45) is 5.41 Å². The molecule has 1 aromatic heterocycles. The number of hydrogen-bond donors (Lipinski definition) is 2. The van der Waals surface area contributed by atoms with Crippen molar-refractivity contribution in [3.05, 3.63) is 89.1 Å². The summed E-state index contributed by atoms with van der Waals surface area (Å²) >= 11 is 0. The first-order valence-corrected chi connectivity index (χ1v) is 13.9. The average molecular weight is 529 g/mol. The third-order valence-corrected chi connectivity index (χ3v) is 7.21. The molecule has 6 nitrogen and oxygen atoms in total. The molecule has 0 saturated heterocycles. The average Bonchev–Trinajstić information content (AvgIpc) is 2.95. The lowest BCUT2D eigenvalue weighted by Crippen LogP contribution is -2.34. The van der Waals surface area contributed by atoms with Crippen LogP contribution in [0.2, 0.25) is 0 Å². The summed E-state index contributed by atoms with van der Waals surface area (Å²) in [7, 11) is 0. The summed E-state index contributed by atoms with van der Waals surface area (Å²) in [4.78, 5) is 28.9. The van der Waals surface area contributed by atoms with Crippen molar-refractivity contribution in [1.82, 2.24) is 4.98 Å². The van der Waals surface area contributed by atoms with E-state index in [-0.39, 0.29) is 12.3 Å². The Morgan fingerprint density at radius 2 is 1.64 bits per heavy atom. The van der Waals surface area contributed by atoms with Crippen LogP contribution in [0.1, 0.15) is 75.3 Å². The number of nitrogens with one attached hydrogen (secondary N) is 1. The minimum atomic E-state index is -1.04. The van der Waals surface area contributed by atoms with Crippen LogP contribution < -0.4 is 10.1 Å². The maximum Gasteiger partial charge on any atom is 0.310 e. The van der Waals surface area contributed by atoms with Gasteiger partial charge in [-0.1, -0.05) is 69.3 Å². The predicted octanol–water partition coefficient (Wildman–Crippen LogP) is 7.44. The lowest BCUT2D eigenvalue weighted by atomic mass is 9.79. The number of nitrogens with zero attached hydrogens (tertiary/aromatic N) is 1. The topological polar surface area (TPSA) is 88.5 Å². The molecule has 0 fully saturated rings. The number of pyridine rings is 1. The Morgan fingerprint density at radius 1 is 0.923 bits per heavy atom. The molecule has 0 unspecified atom stereocenters. The number of carboxylic acid groups (broad SMARTS) is 1. The van der Waals surface area contributed by atoms with Crippen molar-refractivity contribution in [1.29, 1.82) is 0 Å². The minimum absolute atomic E-state index is 0.0574. The number of hydrogen-bond acceptors (Lipinski definition) is 4. The van der Waals surface area contributed by atoms with E-state index in [2.05, 4.69) is 41.5 Å². The molecule has 1 heterocycles. The van der Waals surface area contributed by atoms with Gasteiger partial charge in [-0.15, -0.1) is 0 Å². The van der Waals surface area contributed by atoms with Gasteiger partial charge in [0.1, 0.15) is 0 Å². The van der Waals surface area contributed by atoms with Crippen LogP contribution in [0.5, 0.6) is 5.88 Å². The van der Waals surface area contributed by atoms with Crippen LogP contribution in [0.3, 0.4) is 0 Å². The molecular weight excluding hydrogens is 488 g/mol. The number of unbranched alkanes of at least 4 members (excludes halogenated alkanes) is 1. The zero-order valence-corrected chi connectivity index (χ0v) is 23.3. The lowest BCUT2D eigenvalue weighted by Gasteiger charge is -2.25. The summed E-state index contributed by atoms with van der Waals surface area (Å²) in [5.41, 5.74) is 3.97. The number of carbonyl (C=O) groups is 2. The highest BCUT2D eigenvalue weighted by Crippen LogP contribution is 2.31. The highest BCUT2D eigenvalue weighted by Gasteiger charge is 2.37. The van der Waals surface area contributed by atoms with Crippen molar-refractivity contribution in [3.63, 3.8) is 0 Å². The number of carbonyl (C=O) groups excluding carboxylic acids is 1. The Bertz CT molecular complexity index is 1250. The summed E-state index contributed by atoms with van der Waals surface area (Å²) in [6, 6.07) is 22.0. The molecule has 3 aromatic rings. The smallest absolute Gasteiger partial charge is 0.310 e. The van der Waals surface area contributed by atoms with Gasteiger partial charge in [0.15, 0.2) is 0 Å². The van der Waals surface area contributed by atoms with Gasteiger partial charge in [0.25, 0.3) is 0 Å². The van der Waals surface area contributed by atoms with E-state index in [0.717, 1.165) is 36.9 Å². The largest absolute Gasteiger partial charge is 0.481 e. The number of amides is 1. The first-order chi connectivity index (χ1) is 18.9. The van der Waals surface area contributed by atoms with Crippen LogP contribution in [0.25, 0.3) is 12.2 Å². The molecule has 0 bridgehead atoms. The molecule has 0 aliphatic heterocycles. The van der Waals surface area contributed by atoms with E-state index in [1.54, 1.807) is 19.9 Å². The third kappa shape index (κ3) is 9.10. The number of anilines is 1. The van der Waals surface area contributed by atoms with Gasteiger partial charge < -0.3 is 15.2 Å². The first kappa shape index (κ1) is 29.6. The van der Waals surface area contributed by atoms with E-state index in [1.807, 2.05) is 48.6 Å². The van der Waals surface area contributed by atoms with Crippen LogP contribution >= 0.6 is 0 Å². The Morgan fingerprint density at radius 3 is 2.33 bits per heavy atom. The van der Waals surface area contributed by atoms with Crippen LogP contribution in [0.15, 0.2) is 66.7 Å². The Hall–Kier alpha value is -3.93. The second-order valence-electron chi connectivity index (χ2n) is 9.85. The van der Waals surface area contributed by atoms with Gasteiger partial charge in [0, 0.05) is 18.2 Å². The molecule has 1 amide bonds. The zero-order valence-electron chi connectivity index (χ0n) is 23.3. The van der Waals surface area contributed by atoms with Crippen LogP contribution in [-0.2, 0) is 22.4 Å². The molecule has 2 aromatic carbocycles.